The van der Waals surface area contributed by atoms with Crippen LogP contribution in [0.1, 0.15) is 45.4 Å². The standard InChI is InChI=1S/C15H29N3O2/c1-2-16-15(18-13-6-3-4-7-13)17-9-11-19-12-14-8-5-10-20-14/h13-14H,2-12H2,1H3,(H2,16,17,18). The number of ether oxygens (including phenoxy) is 2. The molecule has 0 spiro atoms. The summed E-state index contributed by atoms with van der Waals surface area (Å²) in [6, 6.07) is 0.598. The molecule has 2 aliphatic rings. The first-order valence-corrected chi connectivity index (χ1v) is 8.12. The minimum absolute atomic E-state index is 0.309. The first kappa shape index (κ1) is 15.6. The van der Waals surface area contributed by atoms with Crippen molar-refractivity contribution >= 4 is 5.96 Å². The number of rotatable bonds is 7. The van der Waals surface area contributed by atoms with Gasteiger partial charge in [-0.1, -0.05) is 12.8 Å². The van der Waals surface area contributed by atoms with Crippen molar-refractivity contribution in [1.29, 1.82) is 0 Å². The van der Waals surface area contributed by atoms with Crippen LogP contribution in [0, 0.1) is 0 Å². The lowest BCUT2D eigenvalue weighted by Crippen LogP contribution is -2.42. The van der Waals surface area contributed by atoms with E-state index in [4.69, 9.17) is 9.47 Å². The molecule has 0 bridgehead atoms. The Morgan fingerprint density at radius 1 is 1.25 bits per heavy atom. The predicted molar refractivity (Wildman–Crippen MR) is 81.2 cm³/mol. The molecule has 0 aromatic carbocycles. The van der Waals surface area contributed by atoms with E-state index in [1.807, 2.05) is 0 Å². The third-order valence-electron chi connectivity index (χ3n) is 3.87. The number of nitrogens with one attached hydrogen (secondary N) is 2. The Balaban J connectivity index is 1.60. The van der Waals surface area contributed by atoms with Crippen molar-refractivity contribution in [2.45, 2.75) is 57.6 Å². The highest BCUT2D eigenvalue weighted by atomic mass is 16.5. The second kappa shape index (κ2) is 9.19. The molecule has 1 saturated heterocycles. The minimum Gasteiger partial charge on any atom is -0.377 e. The molecular weight excluding hydrogens is 254 g/mol. The number of hydrogen-bond donors (Lipinski definition) is 2. The Morgan fingerprint density at radius 2 is 2.10 bits per heavy atom. The SMILES string of the molecule is CCNC(=NCCOCC1CCCO1)NC1CCCC1. The van der Waals surface area contributed by atoms with Gasteiger partial charge in [0.1, 0.15) is 0 Å². The molecule has 1 heterocycles. The van der Waals surface area contributed by atoms with Crippen molar-refractivity contribution in [2.75, 3.05) is 32.9 Å². The van der Waals surface area contributed by atoms with Crippen molar-refractivity contribution in [3.63, 3.8) is 0 Å². The normalized spacial score (nSPS) is 24.2. The van der Waals surface area contributed by atoms with Crippen LogP contribution in [0.5, 0.6) is 0 Å². The van der Waals surface area contributed by atoms with E-state index in [-0.39, 0.29) is 0 Å². The maximum atomic E-state index is 5.63. The highest BCUT2D eigenvalue weighted by Crippen LogP contribution is 2.17. The molecule has 5 nitrogen and oxygen atoms in total. The minimum atomic E-state index is 0.309. The second-order valence-corrected chi connectivity index (χ2v) is 5.60. The topological polar surface area (TPSA) is 54.9 Å². The summed E-state index contributed by atoms with van der Waals surface area (Å²) in [7, 11) is 0. The third-order valence-corrected chi connectivity index (χ3v) is 3.87. The zero-order chi connectivity index (χ0) is 14.0. The van der Waals surface area contributed by atoms with Crippen molar-refractivity contribution in [3.8, 4) is 0 Å². The molecule has 20 heavy (non-hydrogen) atoms. The fourth-order valence-corrected chi connectivity index (χ4v) is 2.80. The summed E-state index contributed by atoms with van der Waals surface area (Å²) in [6.45, 7) is 5.97. The average molecular weight is 283 g/mol. The van der Waals surface area contributed by atoms with Crippen molar-refractivity contribution < 1.29 is 9.47 Å². The summed E-state index contributed by atoms with van der Waals surface area (Å²) >= 11 is 0. The van der Waals surface area contributed by atoms with E-state index in [0.717, 1.165) is 25.5 Å². The largest absolute Gasteiger partial charge is 0.377 e. The summed E-state index contributed by atoms with van der Waals surface area (Å²) in [6.07, 6.45) is 7.81. The van der Waals surface area contributed by atoms with Crippen molar-refractivity contribution in [1.82, 2.24) is 10.6 Å². The van der Waals surface area contributed by atoms with Gasteiger partial charge in [0.05, 0.1) is 25.9 Å². The van der Waals surface area contributed by atoms with Gasteiger partial charge in [0.15, 0.2) is 5.96 Å². The van der Waals surface area contributed by atoms with Crippen LogP contribution in [-0.2, 0) is 9.47 Å². The highest BCUT2D eigenvalue weighted by Gasteiger charge is 2.16. The zero-order valence-electron chi connectivity index (χ0n) is 12.7. The van der Waals surface area contributed by atoms with Gasteiger partial charge in [-0.05, 0) is 32.6 Å². The van der Waals surface area contributed by atoms with Gasteiger partial charge in [0.25, 0.3) is 0 Å². The molecule has 0 aromatic heterocycles. The maximum absolute atomic E-state index is 5.63. The molecule has 1 aliphatic carbocycles. The van der Waals surface area contributed by atoms with Gasteiger partial charge in [-0.2, -0.15) is 0 Å². The summed E-state index contributed by atoms with van der Waals surface area (Å²) in [5, 5.41) is 6.81. The van der Waals surface area contributed by atoms with Crippen LogP contribution >= 0.6 is 0 Å². The third kappa shape index (κ3) is 5.67. The number of guanidine groups is 1. The summed E-state index contributed by atoms with van der Waals surface area (Å²) in [4.78, 5) is 4.57. The molecule has 2 fully saturated rings. The van der Waals surface area contributed by atoms with E-state index in [0.29, 0.717) is 31.9 Å². The highest BCUT2D eigenvalue weighted by molar-refractivity contribution is 5.80. The average Bonchev–Trinajstić information content (AvgIpc) is 3.11. The first-order chi connectivity index (χ1) is 9.88. The quantitative estimate of drug-likeness (QED) is 0.424. The Hall–Kier alpha value is -0.810. The smallest absolute Gasteiger partial charge is 0.191 e. The lowest BCUT2D eigenvalue weighted by molar-refractivity contribution is 0.0200. The Bertz CT molecular complexity index is 285. The van der Waals surface area contributed by atoms with Crippen molar-refractivity contribution in [2.24, 2.45) is 4.99 Å². The zero-order valence-corrected chi connectivity index (χ0v) is 12.7. The van der Waals surface area contributed by atoms with E-state index >= 15 is 0 Å². The molecule has 1 unspecified atom stereocenters. The molecule has 1 atom stereocenters. The van der Waals surface area contributed by atoms with Crippen LogP contribution in [-0.4, -0.2) is 51.0 Å². The number of hydrogen-bond acceptors (Lipinski definition) is 3. The lowest BCUT2D eigenvalue weighted by atomic mass is 10.2. The fraction of sp³-hybridized carbons (Fsp3) is 0.933. The monoisotopic (exact) mass is 283 g/mol. The van der Waals surface area contributed by atoms with Gasteiger partial charge < -0.3 is 20.1 Å². The molecule has 116 valence electrons. The fourth-order valence-electron chi connectivity index (χ4n) is 2.80. The molecule has 1 aliphatic heterocycles. The van der Waals surface area contributed by atoms with E-state index in [9.17, 15) is 0 Å². The molecule has 0 amide bonds. The summed E-state index contributed by atoms with van der Waals surface area (Å²) in [5.41, 5.74) is 0. The van der Waals surface area contributed by atoms with E-state index in [2.05, 4.69) is 22.5 Å². The van der Waals surface area contributed by atoms with Gasteiger partial charge in [0, 0.05) is 19.2 Å². The molecule has 0 aromatic rings. The van der Waals surface area contributed by atoms with Crippen molar-refractivity contribution in [3.05, 3.63) is 0 Å². The summed E-state index contributed by atoms with van der Waals surface area (Å²) < 4.78 is 11.2. The van der Waals surface area contributed by atoms with Gasteiger partial charge in [-0.15, -0.1) is 0 Å². The van der Waals surface area contributed by atoms with Gasteiger partial charge in [-0.3, -0.25) is 4.99 Å². The van der Waals surface area contributed by atoms with Gasteiger partial charge >= 0.3 is 0 Å². The van der Waals surface area contributed by atoms with Gasteiger partial charge in [-0.25, -0.2) is 0 Å². The Labute approximate surface area is 122 Å². The van der Waals surface area contributed by atoms with Crippen LogP contribution in [0.2, 0.25) is 0 Å². The second-order valence-electron chi connectivity index (χ2n) is 5.60. The van der Waals surface area contributed by atoms with E-state index < -0.39 is 0 Å². The maximum Gasteiger partial charge on any atom is 0.191 e. The molecule has 2 N–H and O–H groups in total. The van der Waals surface area contributed by atoms with Crippen LogP contribution in [0.3, 0.4) is 0 Å². The molecule has 1 saturated carbocycles. The van der Waals surface area contributed by atoms with Crippen LogP contribution < -0.4 is 10.6 Å². The molecule has 5 heteroatoms. The molecule has 2 rings (SSSR count). The van der Waals surface area contributed by atoms with Crippen LogP contribution in [0.25, 0.3) is 0 Å². The Kier molecular flexibility index (Phi) is 7.15. The van der Waals surface area contributed by atoms with Crippen LogP contribution in [0.15, 0.2) is 4.99 Å². The lowest BCUT2D eigenvalue weighted by Gasteiger charge is -2.16. The van der Waals surface area contributed by atoms with Gasteiger partial charge in [0.2, 0.25) is 0 Å². The first-order valence-electron chi connectivity index (χ1n) is 8.12. The molecule has 0 radical (unpaired) electrons. The molecular formula is C15H29N3O2. The number of aliphatic imine (C=N–C) groups is 1. The number of nitrogens with zero attached hydrogens (tertiary/aromatic N) is 1. The predicted octanol–water partition coefficient (Wildman–Crippen LogP) is 1.68. The van der Waals surface area contributed by atoms with E-state index in [1.165, 1.54) is 32.1 Å². The van der Waals surface area contributed by atoms with E-state index in [1.54, 1.807) is 0 Å². The Morgan fingerprint density at radius 3 is 2.80 bits per heavy atom. The van der Waals surface area contributed by atoms with Crippen LogP contribution in [0.4, 0.5) is 0 Å². The summed E-state index contributed by atoms with van der Waals surface area (Å²) in [5.74, 6) is 0.931.